The van der Waals surface area contributed by atoms with Gasteiger partial charge < -0.3 is 20.5 Å². The van der Waals surface area contributed by atoms with E-state index in [0.717, 1.165) is 32.9 Å². The number of fused-ring (bicyclic) bond motifs is 1. The summed E-state index contributed by atoms with van der Waals surface area (Å²) in [6, 6.07) is 13.5. The smallest absolute Gasteiger partial charge is 0.255 e. The minimum absolute atomic E-state index is 0.0727. The SMILES string of the molecule is COc1ccc(C2CC(=O)Nc3c(-c4ccc(C)cc4)nsc32)cc1OCC(N)=O. The van der Waals surface area contributed by atoms with Crippen LogP contribution in [0.5, 0.6) is 11.5 Å². The Kier molecular flexibility index (Phi) is 5.41. The van der Waals surface area contributed by atoms with Crippen LogP contribution in [0.3, 0.4) is 0 Å². The summed E-state index contributed by atoms with van der Waals surface area (Å²) in [4.78, 5) is 24.6. The zero-order valence-electron chi connectivity index (χ0n) is 16.6. The minimum Gasteiger partial charge on any atom is -0.493 e. The summed E-state index contributed by atoms with van der Waals surface area (Å²) >= 11 is 1.38. The highest BCUT2D eigenvalue weighted by Crippen LogP contribution is 2.46. The predicted octanol–water partition coefficient (Wildman–Crippen LogP) is 3.47. The highest BCUT2D eigenvalue weighted by atomic mass is 32.1. The molecule has 8 heteroatoms. The third-order valence-electron chi connectivity index (χ3n) is 4.97. The zero-order chi connectivity index (χ0) is 21.3. The first-order valence-electron chi connectivity index (χ1n) is 9.41. The summed E-state index contributed by atoms with van der Waals surface area (Å²) in [5.74, 6) is 0.0745. The molecule has 2 heterocycles. The molecule has 0 spiro atoms. The Morgan fingerprint density at radius 3 is 2.70 bits per heavy atom. The van der Waals surface area contributed by atoms with E-state index in [4.69, 9.17) is 15.2 Å². The van der Waals surface area contributed by atoms with Crippen LogP contribution in [0.2, 0.25) is 0 Å². The van der Waals surface area contributed by atoms with Crippen molar-refractivity contribution in [3.8, 4) is 22.8 Å². The van der Waals surface area contributed by atoms with Gasteiger partial charge in [-0.15, -0.1) is 0 Å². The van der Waals surface area contributed by atoms with E-state index in [1.54, 1.807) is 12.1 Å². The molecule has 1 aliphatic heterocycles. The number of nitrogens with one attached hydrogen (secondary N) is 1. The van der Waals surface area contributed by atoms with Crippen LogP contribution in [0.25, 0.3) is 11.3 Å². The average molecular weight is 423 g/mol. The number of methoxy groups -OCH3 is 1. The van der Waals surface area contributed by atoms with Crippen LogP contribution in [0, 0.1) is 6.92 Å². The van der Waals surface area contributed by atoms with Crippen molar-refractivity contribution in [3.63, 3.8) is 0 Å². The van der Waals surface area contributed by atoms with Gasteiger partial charge in [-0.3, -0.25) is 9.59 Å². The first-order valence-corrected chi connectivity index (χ1v) is 10.2. The van der Waals surface area contributed by atoms with Crippen molar-refractivity contribution in [2.24, 2.45) is 5.73 Å². The van der Waals surface area contributed by atoms with Crippen LogP contribution in [-0.2, 0) is 9.59 Å². The summed E-state index contributed by atoms with van der Waals surface area (Å²) in [6.07, 6.45) is 0.296. The van der Waals surface area contributed by atoms with E-state index in [-0.39, 0.29) is 18.4 Å². The monoisotopic (exact) mass is 423 g/mol. The van der Waals surface area contributed by atoms with Crippen molar-refractivity contribution in [3.05, 3.63) is 58.5 Å². The fourth-order valence-corrected chi connectivity index (χ4v) is 4.45. The van der Waals surface area contributed by atoms with E-state index in [9.17, 15) is 9.59 Å². The molecule has 4 rings (SSSR count). The first-order chi connectivity index (χ1) is 14.5. The van der Waals surface area contributed by atoms with E-state index >= 15 is 0 Å². The normalized spacial score (nSPS) is 15.3. The molecule has 3 N–H and O–H groups in total. The van der Waals surface area contributed by atoms with E-state index in [2.05, 4.69) is 9.69 Å². The summed E-state index contributed by atoms with van der Waals surface area (Å²) < 4.78 is 15.5. The Bertz CT molecular complexity index is 1110. The van der Waals surface area contributed by atoms with Gasteiger partial charge in [-0.1, -0.05) is 35.9 Å². The van der Waals surface area contributed by atoms with Gasteiger partial charge in [-0.2, -0.15) is 4.37 Å². The summed E-state index contributed by atoms with van der Waals surface area (Å²) in [5.41, 5.74) is 9.71. The number of amides is 2. The van der Waals surface area contributed by atoms with Crippen LogP contribution in [-0.4, -0.2) is 29.9 Å². The fraction of sp³-hybridized carbons (Fsp3) is 0.227. The Morgan fingerprint density at radius 2 is 2.00 bits per heavy atom. The van der Waals surface area contributed by atoms with E-state index < -0.39 is 5.91 Å². The number of aromatic nitrogens is 1. The molecule has 1 unspecified atom stereocenters. The quantitative estimate of drug-likeness (QED) is 0.632. The Labute approximate surface area is 178 Å². The number of nitrogens with two attached hydrogens (primary N) is 1. The number of aryl methyl sites for hydroxylation is 1. The van der Waals surface area contributed by atoms with Gasteiger partial charge in [0, 0.05) is 17.9 Å². The maximum Gasteiger partial charge on any atom is 0.255 e. The number of carbonyl (C=O) groups excluding carboxylic acids is 2. The Morgan fingerprint density at radius 1 is 1.23 bits per heavy atom. The van der Waals surface area contributed by atoms with E-state index in [1.165, 1.54) is 18.6 Å². The van der Waals surface area contributed by atoms with Gasteiger partial charge in [0.15, 0.2) is 18.1 Å². The fourth-order valence-electron chi connectivity index (χ4n) is 3.48. The second-order valence-electron chi connectivity index (χ2n) is 7.11. The molecule has 0 radical (unpaired) electrons. The third-order valence-corrected chi connectivity index (χ3v) is 5.93. The van der Waals surface area contributed by atoms with Gasteiger partial charge in [-0.25, -0.2) is 0 Å². The van der Waals surface area contributed by atoms with E-state index in [0.29, 0.717) is 17.9 Å². The molecule has 1 aliphatic rings. The topological polar surface area (TPSA) is 104 Å². The van der Waals surface area contributed by atoms with Crippen molar-refractivity contribution in [2.75, 3.05) is 19.0 Å². The minimum atomic E-state index is -0.577. The first kappa shape index (κ1) is 19.9. The number of anilines is 1. The molecule has 30 heavy (non-hydrogen) atoms. The van der Waals surface area contributed by atoms with E-state index in [1.807, 2.05) is 37.3 Å². The molecule has 2 amide bonds. The van der Waals surface area contributed by atoms with Gasteiger partial charge in [0.05, 0.1) is 17.7 Å². The summed E-state index contributed by atoms with van der Waals surface area (Å²) in [5, 5.41) is 2.99. The lowest BCUT2D eigenvalue weighted by Gasteiger charge is -2.23. The average Bonchev–Trinajstić information content (AvgIpc) is 3.15. The van der Waals surface area contributed by atoms with Crippen LogP contribution in [0.1, 0.15) is 28.3 Å². The number of nitrogens with zero attached hydrogens (tertiary/aromatic N) is 1. The van der Waals surface area contributed by atoms with Crippen LogP contribution in [0.15, 0.2) is 42.5 Å². The lowest BCUT2D eigenvalue weighted by atomic mass is 9.89. The van der Waals surface area contributed by atoms with Crippen molar-refractivity contribution < 1.29 is 19.1 Å². The van der Waals surface area contributed by atoms with Gasteiger partial charge in [0.2, 0.25) is 5.91 Å². The highest BCUT2D eigenvalue weighted by Gasteiger charge is 2.32. The van der Waals surface area contributed by atoms with Crippen molar-refractivity contribution in [1.29, 1.82) is 0 Å². The molecule has 3 aromatic rings. The maximum absolute atomic E-state index is 12.5. The molecule has 0 saturated carbocycles. The summed E-state index contributed by atoms with van der Waals surface area (Å²) in [6.45, 7) is 1.77. The number of hydrogen-bond acceptors (Lipinski definition) is 6. The molecule has 7 nitrogen and oxygen atoms in total. The molecule has 0 aliphatic carbocycles. The lowest BCUT2D eigenvalue weighted by Crippen LogP contribution is -2.23. The predicted molar refractivity (Wildman–Crippen MR) is 115 cm³/mol. The highest BCUT2D eigenvalue weighted by molar-refractivity contribution is 7.07. The molecule has 2 aromatic carbocycles. The number of hydrogen-bond donors (Lipinski definition) is 2. The largest absolute Gasteiger partial charge is 0.493 e. The number of carbonyl (C=O) groups is 2. The molecule has 0 saturated heterocycles. The van der Waals surface area contributed by atoms with Crippen LogP contribution < -0.4 is 20.5 Å². The standard InChI is InChI=1S/C22H21N3O4S/c1-12-3-5-13(6-4-12)20-21-22(30-25-20)15(10-19(27)24-21)14-7-8-16(28-2)17(9-14)29-11-18(23)26/h3-9,15H,10-11H2,1-2H3,(H2,23,26)(H,24,27). The molecular weight excluding hydrogens is 402 g/mol. The van der Waals surface area contributed by atoms with Crippen molar-refractivity contribution >= 4 is 29.0 Å². The third kappa shape index (κ3) is 3.86. The molecule has 1 aromatic heterocycles. The van der Waals surface area contributed by atoms with Gasteiger partial charge in [-0.05, 0) is 36.2 Å². The maximum atomic E-state index is 12.5. The Hall–Kier alpha value is -3.39. The second kappa shape index (κ2) is 8.16. The van der Waals surface area contributed by atoms with Crippen molar-refractivity contribution in [2.45, 2.75) is 19.3 Å². The zero-order valence-corrected chi connectivity index (χ0v) is 17.4. The molecule has 0 fully saturated rings. The number of primary amides is 1. The number of ether oxygens (including phenoxy) is 2. The van der Waals surface area contributed by atoms with Gasteiger partial charge in [0.25, 0.3) is 5.91 Å². The van der Waals surface area contributed by atoms with Crippen LogP contribution >= 0.6 is 11.5 Å². The van der Waals surface area contributed by atoms with Gasteiger partial charge >= 0.3 is 0 Å². The summed E-state index contributed by atoms with van der Waals surface area (Å²) in [7, 11) is 1.52. The Balaban J connectivity index is 1.73. The van der Waals surface area contributed by atoms with Gasteiger partial charge in [0.1, 0.15) is 5.69 Å². The second-order valence-corrected chi connectivity index (χ2v) is 7.91. The molecule has 1 atom stereocenters. The lowest BCUT2D eigenvalue weighted by molar-refractivity contribution is -0.120. The molecule has 0 bridgehead atoms. The molecule has 154 valence electrons. The van der Waals surface area contributed by atoms with Crippen molar-refractivity contribution in [1.82, 2.24) is 4.37 Å². The van der Waals surface area contributed by atoms with Crippen LogP contribution in [0.4, 0.5) is 5.69 Å². The number of rotatable bonds is 6. The molecular formula is C22H21N3O4S. The number of benzene rings is 2.